The van der Waals surface area contributed by atoms with Gasteiger partial charge in [-0.2, -0.15) is 0 Å². The number of hydrogen-bond donors (Lipinski definition) is 1. The molecule has 2 fully saturated rings. The third-order valence-corrected chi connectivity index (χ3v) is 2.95. The number of carbonyl (C=O) groups is 2. The predicted octanol–water partition coefficient (Wildman–Crippen LogP) is 0.686. The van der Waals surface area contributed by atoms with E-state index in [1.54, 1.807) is 0 Å². The van der Waals surface area contributed by atoms with Gasteiger partial charge in [0.05, 0.1) is 5.92 Å². The minimum absolute atomic E-state index is 0.141. The lowest BCUT2D eigenvalue weighted by Gasteiger charge is -2.05. The monoisotopic (exact) mass is 154 g/mol. The number of rotatable bonds is 1. The van der Waals surface area contributed by atoms with E-state index in [1.807, 2.05) is 0 Å². The molecule has 0 aromatic rings. The molecule has 0 heterocycles. The van der Waals surface area contributed by atoms with E-state index >= 15 is 0 Å². The van der Waals surface area contributed by atoms with Crippen molar-refractivity contribution in [1.29, 1.82) is 0 Å². The number of Topliss-reactive ketones (excluding diaryl/α,β-unsaturated/α-hetero) is 1. The third kappa shape index (κ3) is 0.800. The average Bonchev–Trinajstić information content (AvgIpc) is 2.41. The largest absolute Gasteiger partial charge is 0.481 e. The number of ketones is 1. The van der Waals surface area contributed by atoms with Crippen molar-refractivity contribution in [3.05, 3.63) is 0 Å². The summed E-state index contributed by atoms with van der Waals surface area (Å²) >= 11 is 0. The second-order valence-electron chi connectivity index (χ2n) is 3.48. The maximum atomic E-state index is 11.1. The molecule has 11 heavy (non-hydrogen) atoms. The lowest BCUT2D eigenvalue weighted by Crippen LogP contribution is -2.19. The van der Waals surface area contributed by atoms with E-state index in [9.17, 15) is 9.59 Å². The fourth-order valence-corrected chi connectivity index (χ4v) is 2.46. The Morgan fingerprint density at radius 1 is 1.45 bits per heavy atom. The molecular formula is C8H10O3. The lowest BCUT2D eigenvalue weighted by atomic mass is 9.98. The minimum Gasteiger partial charge on any atom is -0.481 e. The molecule has 3 heteroatoms. The Balaban J connectivity index is 2.25. The van der Waals surface area contributed by atoms with E-state index in [0.717, 1.165) is 12.8 Å². The van der Waals surface area contributed by atoms with Crippen LogP contribution in [0.1, 0.15) is 19.3 Å². The van der Waals surface area contributed by atoms with E-state index < -0.39 is 5.97 Å². The van der Waals surface area contributed by atoms with Crippen molar-refractivity contribution in [3.63, 3.8) is 0 Å². The first-order chi connectivity index (χ1) is 5.20. The van der Waals surface area contributed by atoms with Gasteiger partial charge in [0, 0.05) is 12.3 Å². The van der Waals surface area contributed by atoms with Gasteiger partial charge in [-0.05, 0) is 18.8 Å². The van der Waals surface area contributed by atoms with E-state index in [4.69, 9.17) is 5.11 Å². The highest BCUT2D eigenvalue weighted by molar-refractivity contribution is 5.91. The molecule has 0 radical (unpaired) electrons. The van der Waals surface area contributed by atoms with Gasteiger partial charge in [-0.3, -0.25) is 9.59 Å². The summed E-state index contributed by atoms with van der Waals surface area (Å²) in [5, 5.41) is 8.76. The van der Waals surface area contributed by atoms with Gasteiger partial charge < -0.3 is 5.11 Å². The molecule has 0 spiro atoms. The zero-order valence-electron chi connectivity index (χ0n) is 6.12. The van der Waals surface area contributed by atoms with Crippen molar-refractivity contribution in [2.45, 2.75) is 19.3 Å². The SMILES string of the molecule is O=C(O)[C@@H]1[C@H]2CC[C@@H]1C(=O)C2. The summed E-state index contributed by atoms with van der Waals surface area (Å²) < 4.78 is 0. The summed E-state index contributed by atoms with van der Waals surface area (Å²) in [5.74, 6) is -0.929. The van der Waals surface area contributed by atoms with Gasteiger partial charge in [0.25, 0.3) is 0 Å². The van der Waals surface area contributed by atoms with E-state index in [-0.39, 0.29) is 23.5 Å². The fraction of sp³-hybridized carbons (Fsp3) is 0.750. The Morgan fingerprint density at radius 3 is 2.45 bits per heavy atom. The molecule has 1 N–H and O–H groups in total. The summed E-state index contributed by atoms with van der Waals surface area (Å²) in [6, 6.07) is 0. The molecular weight excluding hydrogens is 144 g/mol. The molecule has 2 aliphatic rings. The molecule has 2 saturated carbocycles. The van der Waals surface area contributed by atoms with Crippen molar-refractivity contribution in [1.82, 2.24) is 0 Å². The van der Waals surface area contributed by atoms with Gasteiger partial charge in [-0.1, -0.05) is 0 Å². The van der Waals surface area contributed by atoms with Gasteiger partial charge in [0.15, 0.2) is 0 Å². The molecule has 60 valence electrons. The van der Waals surface area contributed by atoms with E-state index in [1.165, 1.54) is 0 Å². The molecule has 0 aromatic carbocycles. The van der Waals surface area contributed by atoms with Gasteiger partial charge in [0.1, 0.15) is 5.78 Å². The van der Waals surface area contributed by atoms with E-state index in [2.05, 4.69) is 0 Å². The Kier molecular flexibility index (Phi) is 1.28. The van der Waals surface area contributed by atoms with Crippen LogP contribution < -0.4 is 0 Å². The zero-order valence-corrected chi connectivity index (χ0v) is 6.12. The van der Waals surface area contributed by atoms with Gasteiger partial charge >= 0.3 is 5.97 Å². The number of carbonyl (C=O) groups excluding carboxylic acids is 1. The molecule has 2 rings (SSSR count). The van der Waals surface area contributed by atoms with Gasteiger partial charge in [-0.15, -0.1) is 0 Å². The van der Waals surface area contributed by atoms with Gasteiger partial charge in [0.2, 0.25) is 0 Å². The first-order valence-electron chi connectivity index (χ1n) is 3.95. The lowest BCUT2D eigenvalue weighted by molar-refractivity contribution is -0.144. The summed E-state index contributed by atoms with van der Waals surface area (Å²) in [5.41, 5.74) is 0. The van der Waals surface area contributed by atoms with Crippen LogP contribution in [0.4, 0.5) is 0 Å². The van der Waals surface area contributed by atoms with Crippen LogP contribution in [-0.4, -0.2) is 16.9 Å². The molecule has 2 bridgehead atoms. The Hall–Kier alpha value is -0.860. The van der Waals surface area contributed by atoms with Crippen LogP contribution in [0.3, 0.4) is 0 Å². The van der Waals surface area contributed by atoms with Crippen LogP contribution in [0.5, 0.6) is 0 Å². The first kappa shape index (κ1) is 6.83. The highest BCUT2D eigenvalue weighted by Gasteiger charge is 2.50. The molecule has 0 aliphatic heterocycles. The van der Waals surface area contributed by atoms with Crippen molar-refractivity contribution in [2.75, 3.05) is 0 Å². The second kappa shape index (κ2) is 2.06. The molecule has 0 saturated heterocycles. The topological polar surface area (TPSA) is 54.4 Å². The van der Waals surface area contributed by atoms with Crippen LogP contribution in [0.25, 0.3) is 0 Å². The van der Waals surface area contributed by atoms with Crippen molar-refractivity contribution in [2.24, 2.45) is 17.8 Å². The summed E-state index contributed by atoms with van der Waals surface area (Å²) in [7, 11) is 0. The number of aliphatic carboxylic acids is 1. The average molecular weight is 154 g/mol. The first-order valence-corrected chi connectivity index (χ1v) is 3.95. The Labute approximate surface area is 64.4 Å². The Morgan fingerprint density at radius 2 is 2.18 bits per heavy atom. The van der Waals surface area contributed by atoms with Crippen LogP contribution in [0, 0.1) is 17.8 Å². The zero-order chi connectivity index (χ0) is 8.01. The normalized spacial score (nSPS) is 41.5. The summed E-state index contributed by atoms with van der Waals surface area (Å²) in [4.78, 5) is 21.7. The fourth-order valence-electron chi connectivity index (χ4n) is 2.46. The smallest absolute Gasteiger partial charge is 0.307 e. The maximum Gasteiger partial charge on any atom is 0.307 e. The number of fused-ring (bicyclic) bond motifs is 2. The van der Waals surface area contributed by atoms with E-state index in [0.29, 0.717) is 6.42 Å². The third-order valence-electron chi connectivity index (χ3n) is 2.95. The number of carboxylic acids is 1. The minimum atomic E-state index is -0.775. The number of carboxylic acid groups (broad SMARTS) is 1. The molecule has 0 amide bonds. The summed E-state index contributed by atoms with van der Waals surface area (Å²) in [6.07, 6.45) is 2.26. The second-order valence-corrected chi connectivity index (χ2v) is 3.48. The summed E-state index contributed by atoms with van der Waals surface area (Å²) in [6.45, 7) is 0. The van der Waals surface area contributed by atoms with Crippen molar-refractivity contribution >= 4 is 11.8 Å². The van der Waals surface area contributed by atoms with Crippen molar-refractivity contribution in [3.8, 4) is 0 Å². The molecule has 3 nitrogen and oxygen atoms in total. The molecule has 2 aliphatic carbocycles. The van der Waals surface area contributed by atoms with Crippen LogP contribution >= 0.6 is 0 Å². The highest BCUT2D eigenvalue weighted by atomic mass is 16.4. The quantitative estimate of drug-likeness (QED) is 0.604. The highest BCUT2D eigenvalue weighted by Crippen LogP contribution is 2.47. The standard InChI is InChI=1S/C8H10O3/c9-6-3-4-1-2-5(6)7(4)8(10)11/h4-5,7H,1-3H2,(H,10,11)/t4-,5+,7+/m0/s1. The van der Waals surface area contributed by atoms with Crippen LogP contribution in [0.2, 0.25) is 0 Å². The van der Waals surface area contributed by atoms with Crippen LogP contribution in [0.15, 0.2) is 0 Å². The number of hydrogen-bond acceptors (Lipinski definition) is 2. The molecule has 0 unspecified atom stereocenters. The Bertz CT molecular complexity index is 221. The molecule has 3 atom stereocenters. The van der Waals surface area contributed by atoms with Crippen molar-refractivity contribution < 1.29 is 14.7 Å². The van der Waals surface area contributed by atoms with Crippen LogP contribution in [-0.2, 0) is 9.59 Å². The predicted molar refractivity (Wildman–Crippen MR) is 37.0 cm³/mol. The maximum absolute atomic E-state index is 11.1. The van der Waals surface area contributed by atoms with Gasteiger partial charge in [-0.25, -0.2) is 0 Å². The molecule has 0 aromatic heterocycles.